The molecule has 1 aromatic rings. The molecule has 1 aliphatic carbocycles. The van der Waals surface area contributed by atoms with E-state index in [4.69, 9.17) is 5.73 Å². The van der Waals surface area contributed by atoms with Crippen molar-refractivity contribution < 1.29 is 9.90 Å². The third kappa shape index (κ3) is 1.32. The number of aliphatic hydroxyl groups is 1. The van der Waals surface area contributed by atoms with E-state index in [0.29, 0.717) is 0 Å². The molecule has 0 saturated heterocycles. The van der Waals surface area contributed by atoms with E-state index in [1.165, 1.54) is 6.08 Å². The molecule has 1 aromatic carbocycles. The fraction of sp³-hybridized carbons (Fsp3) is 0.182. The minimum absolute atomic E-state index is 0.259. The molecule has 3 heteroatoms. The van der Waals surface area contributed by atoms with Crippen LogP contribution in [0.3, 0.4) is 0 Å². The summed E-state index contributed by atoms with van der Waals surface area (Å²) in [6, 6.07) is 7.61. The zero-order valence-corrected chi connectivity index (χ0v) is 7.60. The summed E-state index contributed by atoms with van der Waals surface area (Å²) in [6.45, 7) is 0. The molecule has 1 unspecified atom stereocenters. The Labute approximate surface area is 81.9 Å². The van der Waals surface area contributed by atoms with Gasteiger partial charge in [-0.05, 0) is 17.2 Å². The van der Waals surface area contributed by atoms with Crippen molar-refractivity contribution in [2.75, 3.05) is 0 Å². The van der Waals surface area contributed by atoms with Crippen LogP contribution in [0, 0.1) is 0 Å². The topological polar surface area (TPSA) is 63.3 Å². The Morgan fingerprint density at radius 3 is 2.86 bits per heavy atom. The second-order valence-electron chi connectivity index (χ2n) is 3.50. The van der Waals surface area contributed by atoms with Crippen molar-refractivity contribution in [2.24, 2.45) is 5.73 Å². The van der Waals surface area contributed by atoms with Crippen molar-refractivity contribution in [1.29, 1.82) is 0 Å². The van der Waals surface area contributed by atoms with Gasteiger partial charge in [-0.1, -0.05) is 30.3 Å². The van der Waals surface area contributed by atoms with Gasteiger partial charge in [-0.15, -0.1) is 0 Å². The quantitative estimate of drug-likeness (QED) is 0.674. The molecule has 3 nitrogen and oxygen atoms in total. The molecule has 3 N–H and O–H groups in total. The number of carbonyl (C=O) groups is 1. The highest BCUT2D eigenvalue weighted by atomic mass is 16.3. The van der Waals surface area contributed by atoms with E-state index in [0.717, 1.165) is 11.1 Å². The molecule has 72 valence electrons. The zero-order chi connectivity index (χ0) is 10.2. The molecule has 0 radical (unpaired) electrons. The van der Waals surface area contributed by atoms with Gasteiger partial charge in [0.2, 0.25) is 0 Å². The van der Waals surface area contributed by atoms with Crippen molar-refractivity contribution in [2.45, 2.75) is 12.0 Å². The summed E-state index contributed by atoms with van der Waals surface area (Å²) in [4.78, 5) is 11.0. The predicted octanol–water partition coefficient (Wildman–Crippen LogP) is 0.472. The molecule has 0 heterocycles. The normalized spacial score (nSPS) is 24.4. The molecule has 0 bridgehead atoms. The maximum atomic E-state index is 11.0. The number of amides is 1. The Kier molecular flexibility index (Phi) is 1.89. The van der Waals surface area contributed by atoms with Crippen molar-refractivity contribution in [3.8, 4) is 0 Å². The van der Waals surface area contributed by atoms with E-state index < -0.39 is 11.5 Å². The lowest BCUT2D eigenvalue weighted by Crippen LogP contribution is -2.45. The number of nitrogens with two attached hydrogens (primary N) is 1. The Morgan fingerprint density at radius 1 is 1.43 bits per heavy atom. The lowest BCUT2D eigenvalue weighted by Gasteiger charge is -2.25. The third-order valence-electron chi connectivity index (χ3n) is 2.48. The van der Waals surface area contributed by atoms with Gasteiger partial charge < -0.3 is 10.8 Å². The first kappa shape index (κ1) is 8.97. The third-order valence-corrected chi connectivity index (χ3v) is 2.48. The molecule has 0 aromatic heterocycles. The van der Waals surface area contributed by atoms with E-state index in [1.54, 1.807) is 6.08 Å². The van der Waals surface area contributed by atoms with Crippen LogP contribution in [0.2, 0.25) is 0 Å². The first-order valence-electron chi connectivity index (χ1n) is 4.41. The number of hydrogen-bond donors (Lipinski definition) is 2. The van der Waals surface area contributed by atoms with Gasteiger partial charge in [-0.3, -0.25) is 4.79 Å². The molecule has 1 aliphatic rings. The van der Waals surface area contributed by atoms with Gasteiger partial charge in [0, 0.05) is 6.42 Å². The number of fused-ring (bicyclic) bond motifs is 1. The number of rotatable bonds is 1. The summed E-state index contributed by atoms with van der Waals surface area (Å²) in [6.07, 6.45) is 3.44. The minimum Gasteiger partial charge on any atom is -0.376 e. The molecule has 2 rings (SSSR count). The van der Waals surface area contributed by atoms with E-state index in [9.17, 15) is 9.90 Å². The van der Waals surface area contributed by atoms with Gasteiger partial charge in [0.05, 0.1) is 0 Å². The maximum absolute atomic E-state index is 11.0. The lowest BCUT2D eigenvalue weighted by molar-refractivity contribution is -0.131. The molecule has 14 heavy (non-hydrogen) atoms. The zero-order valence-electron chi connectivity index (χ0n) is 7.60. The predicted molar refractivity (Wildman–Crippen MR) is 53.3 cm³/mol. The van der Waals surface area contributed by atoms with Gasteiger partial charge in [0.15, 0.2) is 5.60 Å². The fourth-order valence-corrected chi connectivity index (χ4v) is 1.60. The van der Waals surface area contributed by atoms with Crippen LogP contribution in [0.25, 0.3) is 6.08 Å². The Morgan fingerprint density at radius 2 is 2.14 bits per heavy atom. The minimum atomic E-state index is -1.52. The van der Waals surface area contributed by atoms with Gasteiger partial charge in [0.25, 0.3) is 5.91 Å². The lowest BCUT2D eigenvalue weighted by atomic mass is 9.86. The summed E-state index contributed by atoms with van der Waals surface area (Å²) in [5.74, 6) is -0.705. The highest BCUT2D eigenvalue weighted by molar-refractivity contribution is 5.88. The number of carbonyl (C=O) groups excluding carboxylic acids is 1. The van der Waals surface area contributed by atoms with Crippen LogP contribution in [-0.4, -0.2) is 16.6 Å². The number of primary amides is 1. The Balaban J connectivity index is 2.43. The largest absolute Gasteiger partial charge is 0.376 e. The highest BCUT2D eigenvalue weighted by Gasteiger charge is 2.33. The second kappa shape index (κ2) is 2.96. The van der Waals surface area contributed by atoms with Crippen LogP contribution in [0.15, 0.2) is 30.3 Å². The van der Waals surface area contributed by atoms with Gasteiger partial charge in [-0.25, -0.2) is 0 Å². The average molecular weight is 189 g/mol. The van der Waals surface area contributed by atoms with Crippen LogP contribution in [0.4, 0.5) is 0 Å². The summed E-state index contributed by atoms with van der Waals surface area (Å²) >= 11 is 0. The SMILES string of the molecule is NC(=O)C1(O)C=Cc2ccccc2C1. The smallest absolute Gasteiger partial charge is 0.253 e. The molecule has 0 saturated carbocycles. The Hall–Kier alpha value is -1.61. The molecule has 0 aliphatic heterocycles. The Bertz CT molecular complexity index is 412. The van der Waals surface area contributed by atoms with Crippen LogP contribution < -0.4 is 5.73 Å². The standard InChI is InChI=1S/C11H11NO2/c12-10(13)11(14)6-5-8-3-1-2-4-9(8)7-11/h1-6,14H,7H2,(H2,12,13). The fourth-order valence-electron chi connectivity index (χ4n) is 1.60. The van der Waals surface area contributed by atoms with Crippen molar-refractivity contribution >= 4 is 12.0 Å². The number of benzene rings is 1. The van der Waals surface area contributed by atoms with Crippen LogP contribution in [0.1, 0.15) is 11.1 Å². The van der Waals surface area contributed by atoms with E-state index in [-0.39, 0.29) is 6.42 Å². The van der Waals surface area contributed by atoms with Crippen molar-refractivity contribution in [3.63, 3.8) is 0 Å². The molecule has 1 amide bonds. The molecular weight excluding hydrogens is 178 g/mol. The van der Waals surface area contributed by atoms with Crippen LogP contribution >= 0.6 is 0 Å². The first-order chi connectivity index (χ1) is 6.62. The molecule has 1 atom stereocenters. The first-order valence-corrected chi connectivity index (χ1v) is 4.41. The summed E-state index contributed by atoms with van der Waals surface area (Å²) < 4.78 is 0. The molecular formula is C11H11NO2. The molecule has 0 fully saturated rings. The van der Waals surface area contributed by atoms with Gasteiger partial charge in [0.1, 0.15) is 0 Å². The average Bonchev–Trinajstić information content (AvgIpc) is 2.17. The van der Waals surface area contributed by atoms with Crippen molar-refractivity contribution in [3.05, 3.63) is 41.5 Å². The van der Waals surface area contributed by atoms with Crippen LogP contribution in [0.5, 0.6) is 0 Å². The van der Waals surface area contributed by atoms with Gasteiger partial charge in [-0.2, -0.15) is 0 Å². The summed E-state index contributed by atoms with van der Waals surface area (Å²) in [5, 5.41) is 9.83. The summed E-state index contributed by atoms with van der Waals surface area (Å²) in [7, 11) is 0. The van der Waals surface area contributed by atoms with E-state index in [2.05, 4.69) is 0 Å². The number of hydrogen-bond acceptors (Lipinski definition) is 2. The van der Waals surface area contributed by atoms with E-state index in [1.807, 2.05) is 24.3 Å². The molecule has 0 spiro atoms. The second-order valence-corrected chi connectivity index (χ2v) is 3.50. The highest BCUT2D eigenvalue weighted by Crippen LogP contribution is 2.25. The van der Waals surface area contributed by atoms with Crippen molar-refractivity contribution in [1.82, 2.24) is 0 Å². The van der Waals surface area contributed by atoms with Gasteiger partial charge >= 0.3 is 0 Å². The monoisotopic (exact) mass is 189 g/mol. The van der Waals surface area contributed by atoms with E-state index >= 15 is 0 Å². The maximum Gasteiger partial charge on any atom is 0.253 e. The van der Waals surface area contributed by atoms with Crippen LogP contribution in [-0.2, 0) is 11.2 Å². The summed E-state index contributed by atoms with van der Waals surface area (Å²) in [5.41, 5.74) is 5.57.